The summed E-state index contributed by atoms with van der Waals surface area (Å²) in [4.78, 5) is 113. The molecule has 352 valence electrons. The molecule has 4 heterocycles. The molecule has 18 N–H and O–H groups in total. The molecule has 2 unspecified atom stereocenters. The predicted molar refractivity (Wildman–Crippen MR) is 239 cm³/mol. The molecule has 0 radical (unpaired) electrons. The Bertz CT molecular complexity index is 2440. The van der Waals surface area contributed by atoms with Crippen molar-refractivity contribution in [1.29, 1.82) is 0 Å². The van der Waals surface area contributed by atoms with Gasteiger partial charge in [0.25, 0.3) is 22.9 Å². The Labute approximate surface area is 406 Å². The third-order valence-corrected chi connectivity index (χ3v) is 9.05. The molecule has 0 bridgehead atoms. The summed E-state index contributed by atoms with van der Waals surface area (Å²) in [5, 5.41) is 56.0. The molecule has 0 saturated carbocycles. The number of aromatic amines is 2. The number of carboxylic acid groups (broad SMARTS) is 4. The molecule has 2 aliphatic rings. The molecule has 6 rings (SSSR count). The van der Waals surface area contributed by atoms with Crippen molar-refractivity contribution >= 4 is 131 Å². The smallest absolute Gasteiger partial charge is 0.550 e. The number of rotatable bonds is 18. The number of benzene rings is 2. The van der Waals surface area contributed by atoms with E-state index in [1.54, 1.807) is 24.3 Å². The minimum absolute atomic E-state index is 0. The molecule has 29 heteroatoms. The zero-order valence-corrected chi connectivity index (χ0v) is 37.3. The van der Waals surface area contributed by atoms with Gasteiger partial charge in [-0.2, -0.15) is 9.97 Å². The maximum Gasteiger partial charge on any atom is 2.00 e. The minimum Gasteiger partial charge on any atom is -0.550 e. The maximum absolute atomic E-state index is 12.3. The summed E-state index contributed by atoms with van der Waals surface area (Å²) in [7, 11) is 0. The molecule has 67 heavy (non-hydrogen) atoms. The van der Waals surface area contributed by atoms with Crippen molar-refractivity contribution in [2.24, 2.45) is 9.98 Å². The molecule has 2 aromatic carbocycles. The number of carbonyl (C=O) groups is 6. The molecule has 2 aromatic heterocycles. The average Bonchev–Trinajstić information content (AvgIpc) is 3.25. The van der Waals surface area contributed by atoms with Gasteiger partial charge in [0.1, 0.15) is 12.1 Å². The molecule has 2 amide bonds. The van der Waals surface area contributed by atoms with Crippen molar-refractivity contribution in [3.63, 3.8) is 0 Å². The Kier molecular flexibility index (Phi) is 21.3. The first-order valence-corrected chi connectivity index (χ1v) is 19.0. The third-order valence-electron chi connectivity index (χ3n) is 9.05. The zero-order chi connectivity index (χ0) is 46.5. The van der Waals surface area contributed by atoms with Crippen LogP contribution in [0.4, 0.5) is 46.3 Å². The Balaban J connectivity index is 0.000000440. The number of H-pyrrole nitrogens is 2. The topological polar surface area (TPSA) is 492 Å². The first-order valence-electron chi connectivity index (χ1n) is 19.0. The number of nitrogen functional groups attached to an aromatic ring is 2. The Morgan fingerprint density at radius 2 is 0.970 bits per heavy atom. The molecule has 4 aromatic rings. The van der Waals surface area contributed by atoms with E-state index in [2.05, 4.69) is 61.8 Å². The van der Waals surface area contributed by atoms with Crippen molar-refractivity contribution in [3.05, 3.63) is 80.4 Å². The van der Waals surface area contributed by atoms with Crippen LogP contribution in [0.1, 0.15) is 46.4 Å². The summed E-state index contributed by atoms with van der Waals surface area (Å²) in [5.74, 6) is -6.15. The van der Waals surface area contributed by atoms with Gasteiger partial charge in [0.05, 0.1) is 37.6 Å². The summed E-state index contributed by atoms with van der Waals surface area (Å²) in [6, 6.07) is 9.74. The van der Waals surface area contributed by atoms with Crippen LogP contribution in [-0.4, -0.2) is 164 Å². The van der Waals surface area contributed by atoms with Crippen LogP contribution in [-0.2, 0) is 19.2 Å². The number of hydrogen-bond donors (Lipinski definition) is 12. The number of aliphatic carboxylic acids is 4. The third kappa shape index (κ3) is 16.4. The maximum atomic E-state index is 12.3. The Morgan fingerprint density at radius 3 is 1.28 bits per heavy atom. The second kappa shape index (κ2) is 25.7. The van der Waals surface area contributed by atoms with Crippen LogP contribution in [0.15, 0.2) is 68.1 Å². The van der Waals surface area contributed by atoms with Crippen LogP contribution in [0.25, 0.3) is 0 Å². The average molecular weight is 961 g/mol. The number of hydrogen-bond acceptors (Lipinski definition) is 20. The molecular formula is C38H44CaN14O14. The number of nitrogens with two attached hydrogens (primary N) is 2. The zero-order valence-electron chi connectivity index (χ0n) is 35.1. The van der Waals surface area contributed by atoms with Gasteiger partial charge in [0.2, 0.25) is 11.9 Å². The monoisotopic (exact) mass is 960 g/mol. The number of aliphatic imine (C=N–C) groups is 2. The second-order valence-corrected chi connectivity index (χ2v) is 13.8. The quantitative estimate of drug-likeness (QED) is 0.0417. The fourth-order valence-electron chi connectivity index (χ4n) is 5.80. The summed E-state index contributed by atoms with van der Waals surface area (Å²) < 4.78 is 0. The van der Waals surface area contributed by atoms with Crippen LogP contribution in [0.3, 0.4) is 0 Å². The van der Waals surface area contributed by atoms with Crippen LogP contribution < -0.4 is 64.7 Å². The summed E-state index contributed by atoms with van der Waals surface area (Å²) in [5.41, 5.74) is 13.4. The van der Waals surface area contributed by atoms with Crippen molar-refractivity contribution in [2.75, 3.05) is 58.9 Å². The summed E-state index contributed by atoms with van der Waals surface area (Å²) in [6.45, 7) is 1.34. The number of anilines is 6. The minimum atomic E-state index is -1.40. The Morgan fingerprint density at radius 1 is 0.627 bits per heavy atom. The van der Waals surface area contributed by atoms with Gasteiger partial charge in [0, 0.05) is 34.4 Å². The van der Waals surface area contributed by atoms with E-state index in [0.29, 0.717) is 60.6 Å². The fourth-order valence-corrected chi connectivity index (χ4v) is 5.80. The van der Waals surface area contributed by atoms with Gasteiger partial charge in [-0.1, -0.05) is 0 Å². The van der Waals surface area contributed by atoms with Gasteiger partial charge in [-0.3, -0.25) is 29.1 Å². The normalized spacial score (nSPS) is 12.6. The number of nitrogens with one attached hydrogen (secondary N) is 8. The van der Waals surface area contributed by atoms with E-state index in [-0.39, 0.29) is 95.9 Å². The van der Waals surface area contributed by atoms with E-state index in [9.17, 15) is 48.6 Å². The SMILES string of the molecule is Nc1nc2c(c(=O)[nH]1)N=C(CNc1ccc(C(=O)NC(CCC(=O)[O-])C(=O)O)cc1)CN2.Nc1nc2c(c(=O)[nH]1)N=C(CNc1ccc(C(=O)NC(CCC(=O)[O-])C(=O)O)cc1)CN2.O.O.[Ca+2]. The van der Waals surface area contributed by atoms with Gasteiger partial charge >= 0.3 is 49.7 Å². The van der Waals surface area contributed by atoms with E-state index in [0.717, 1.165) is 0 Å². The van der Waals surface area contributed by atoms with Crippen molar-refractivity contribution in [2.45, 2.75) is 37.8 Å². The molecule has 2 atom stereocenters. The number of nitrogens with zero attached hydrogens (tertiary/aromatic N) is 4. The van der Waals surface area contributed by atoms with E-state index in [1.165, 1.54) is 24.3 Å². The van der Waals surface area contributed by atoms with E-state index < -0.39 is 71.7 Å². The first kappa shape index (κ1) is 55.5. The van der Waals surface area contributed by atoms with Crippen LogP contribution in [0.2, 0.25) is 0 Å². The van der Waals surface area contributed by atoms with Crippen LogP contribution in [0, 0.1) is 0 Å². The van der Waals surface area contributed by atoms with Gasteiger partial charge in [0.15, 0.2) is 23.0 Å². The number of carbonyl (C=O) groups excluding carboxylic acids is 4. The van der Waals surface area contributed by atoms with Gasteiger partial charge < -0.3 is 84.3 Å². The second-order valence-electron chi connectivity index (χ2n) is 13.8. The molecule has 0 aliphatic carbocycles. The number of amides is 2. The van der Waals surface area contributed by atoms with Crippen LogP contribution in [0.5, 0.6) is 0 Å². The van der Waals surface area contributed by atoms with E-state index in [4.69, 9.17) is 21.7 Å². The standard InChI is InChI=1S/2C19H21N7O6.Ca.2H2O/c2*20-19-25-15-14(17(30)26-19)23-11(8-22-15)7-21-10-3-1-9(2-4-10)16(29)24-12(18(31)32)5-6-13(27)28;;;/h2*1-4,12,21H,5-8H2,(H,24,29)(H,27,28)(H,31,32)(H4,20,22,25,26,30);;2*1H2/q;;+2;;/p-2. The molecule has 0 spiro atoms. The van der Waals surface area contributed by atoms with Crippen molar-refractivity contribution in [3.8, 4) is 0 Å². The Hall–Kier alpha value is -7.66. The molecule has 0 saturated heterocycles. The van der Waals surface area contributed by atoms with Crippen molar-refractivity contribution < 1.29 is 60.1 Å². The number of aromatic nitrogens is 4. The summed E-state index contributed by atoms with van der Waals surface area (Å²) in [6.07, 6.45) is -1.54. The van der Waals surface area contributed by atoms with Gasteiger partial charge in [-0.05, 0) is 74.2 Å². The first-order chi connectivity index (χ1) is 30.4. The van der Waals surface area contributed by atoms with Crippen LogP contribution >= 0.6 is 0 Å². The van der Waals surface area contributed by atoms with Gasteiger partial charge in [-0.25, -0.2) is 19.6 Å². The molecule has 2 aliphatic heterocycles. The number of fused-ring (bicyclic) bond motifs is 2. The van der Waals surface area contributed by atoms with Gasteiger partial charge in [-0.15, -0.1) is 0 Å². The summed E-state index contributed by atoms with van der Waals surface area (Å²) >= 11 is 0. The van der Waals surface area contributed by atoms with E-state index >= 15 is 0 Å². The largest absolute Gasteiger partial charge is 2.00 e. The fraction of sp³-hybridized carbons (Fsp3) is 0.263. The molecule has 28 nitrogen and oxygen atoms in total. The predicted octanol–water partition coefficient (Wildman–Crippen LogP) is -4.68. The molecular weight excluding hydrogens is 917 g/mol. The number of carboxylic acids is 4. The van der Waals surface area contributed by atoms with E-state index in [1.807, 2.05) is 0 Å². The van der Waals surface area contributed by atoms with Crippen molar-refractivity contribution in [1.82, 2.24) is 30.6 Å². The molecule has 0 fully saturated rings.